The minimum atomic E-state index is -1.98. The van der Waals surface area contributed by atoms with Crippen LogP contribution in [-0.4, -0.2) is 62.7 Å². The SMILES string of the molecule is C[C@H](/C=C/CCn1cc(C(CO)c2ccccc2)nn1)[C@@]1(O)C(=O)N(Cc2ccc(N3C(=O)COc4ccccc43)cc2)c2ccc(N3C(=O)COc4ccccc43)cc21. The van der Waals surface area contributed by atoms with Gasteiger partial charge < -0.3 is 24.6 Å². The molecule has 9 rings (SSSR count). The molecule has 3 aliphatic rings. The van der Waals surface area contributed by atoms with E-state index in [1.807, 2.05) is 109 Å². The van der Waals surface area contributed by atoms with Gasteiger partial charge in [0.15, 0.2) is 18.8 Å². The lowest BCUT2D eigenvalue weighted by Gasteiger charge is -2.31. The molecule has 3 atom stereocenters. The average Bonchev–Trinajstić information content (AvgIpc) is 3.83. The number of aliphatic hydroxyl groups excluding tert-OH is 1. The molecule has 1 aromatic heterocycles. The molecule has 0 fully saturated rings. The van der Waals surface area contributed by atoms with Crippen LogP contribution in [0, 0.1) is 5.92 Å². The van der Waals surface area contributed by atoms with Crippen molar-refractivity contribution in [1.29, 1.82) is 0 Å². The van der Waals surface area contributed by atoms with Gasteiger partial charge in [-0.15, -0.1) is 5.10 Å². The van der Waals surface area contributed by atoms with Crippen LogP contribution >= 0.6 is 0 Å². The summed E-state index contributed by atoms with van der Waals surface area (Å²) >= 11 is 0. The van der Waals surface area contributed by atoms with Crippen molar-refractivity contribution in [1.82, 2.24) is 15.0 Å². The van der Waals surface area contributed by atoms with Crippen molar-refractivity contribution in [3.63, 3.8) is 0 Å². The summed E-state index contributed by atoms with van der Waals surface area (Å²) in [6.07, 6.45) is 6.10. The van der Waals surface area contributed by atoms with Crippen LogP contribution in [0.3, 0.4) is 0 Å². The first-order chi connectivity index (χ1) is 29.2. The number of aromatic nitrogens is 3. The van der Waals surface area contributed by atoms with Gasteiger partial charge in [0.25, 0.3) is 17.7 Å². The molecule has 60 heavy (non-hydrogen) atoms. The summed E-state index contributed by atoms with van der Waals surface area (Å²) in [5.74, 6) is -0.784. The number of ether oxygens (including phenoxy) is 2. The smallest absolute Gasteiger partial charge is 0.269 e. The summed E-state index contributed by atoms with van der Waals surface area (Å²) in [7, 11) is 0. The molecule has 3 amide bonds. The Morgan fingerprint density at radius 3 is 2.05 bits per heavy atom. The molecule has 13 nitrogen and oxygen atoms in total. The van der Waals surface area contributed by atoms with E-state index < -0.39 is 17.4 Å². The largest absolute Gasteiger partial charge is 0.482 e. The topological polar surface area (TPSA) is 151 Å². The molecular formula is C47H42N6O7. The van der Waals surface area contributed by atoms with Gasteiger partial charge in [0.2, 0.25) is 0 Å². The molecule has 0 bridgehead atoms. The number of rotatable bonds is 12. The Morgan fingerprint density at radius 2 is 1.38 bits per heavy atom. The number of aliphatic hydroxyl groups is 2. The second kappa shape index (κ2) is 15.9. The minimum absolute atomic E-state index is 0.0755. The monoisotopic (exact) mass is 802 g/mol. The maximum atomic E-state index is 14.7. The zero-order valence-corrected chi connectivity index (χ0v) is 32.8. The molecule has 302 valence electrons. The number of carbonyl (C=O) groups excluding carboxylic acids is 3. The van der Waals surface area contributed by atoms with Crippen LogP contribution in [0.15, 0.2) is 140 Å². The minimum Gasteiger partial charge on any atom is -0.482 e. The van der Waals surface area contributed by atoms with Gasteiger partial charge in [-0.2, -0.15) is 0 Å². The average molecular weight is 803 g/mol. The van der Waals surface area contributed by atoms with Gasteiger partial charge in [0.1, 0.15) is 11.5 Å². The number of allylic oxidation sites excluding steroid dienone is 1. The number of hydrogen-bond donors (Lipinski definition) is 2. The van der Waals surface area contributed by atoms with E-state index >= 15 is 0 Å². The molecule has 13 heteroatoms. The summed E-state index contributed by atoms with van der Waals surface area (Å²) in [6.45, 7) is 2.10. The Balaban J connectivity index is 0.990. The highest BCUT2D eigenvalue weighted by Gasteiger charge is 2.53. The van der Waals surface area contributed by atoms with E-state index in [0.717, 1.165) is 11.1 Å². The fraction of sp³-hybridized carbons (Fsp3) is 0.213. The van der Waals surface area contributed by atoms with Crippen molar-refractivity contribution in [3.8, 4) is 11.5 Å². The van der Waals surface area contributed by atoms with Gasteiger partial charge in [-0.1, -0.05) is 91.0 Å². The fourth-order valence-electron chi connectivity index (χ4n) is 8.22. The number of carbonyl (C=O) groups is 3. The summed E-state index contributed by atoms with van der Waals surface area (Å²) in [4.78, 5) is 45.8. The molecular weight excluding hydrogens is 761 g/mol. The van der Waals surface area contributed by atoms with Gasteiger partial charge in [0, 0.05) is 35.6 Å². The molecule has 5 aromatic carbocycles. The number of fused-ring (bicyclic) bond motifs is 3. The molecule has 6 aromatic rings. The van der Waals surface area contributed by atoms with Crippen LogP contribution in [0.2, 0.25) is 0 Å². The Kier molecular flexibility index (Phi) is 10.2. The van der Waals surface area contributed by atoms with E-state index in [9.17, 15) is 24.6 Å². The molecule has 0 saturated heterocycles. The van der Waals surface area contributed by atoms with Crippen LogP contribution < -0.4 is 24.2 Å². The lowest BCUT2D eigenvalue weighted by Crippen LogP contribution is -2.44. The van der Waals surface area contributed by atoms with Crippen molar-refractivity contribution >= 4 is 46.2 Å². The predicted molar refractivity (Wildman–Crippen MR) is 224 cm³/mol. The zero-order chi connectivity index (χ0) is 41.4. The van der Waals surface area contributed by atoms with Crippen molar-refractivity contribution in [2.75, 3.05) is 34.5 Å². The Bertz CT molecular complexity index is 2610. The van der Waals surface area contributed by atoms with Gasteiger partial charge in [-0.05, 0) is 72.1 Å². The van der Waals surface area contributed by atoms with Gasteiger partial charge in [0.05, 0.1) is 41.8 Å². The number of benzene rings is 5. The van der Waals surface area contributed by atoms with Crippen LogP contribution in [0.1, 0.15) is 41.6 Å². The Labute approximate surface area is 346 Å². The second-order valence-corrected chi connectivity index (χ2v) is 15.1. The van der Waals surface area contributed by atoms with E-state index in [1.54, 1.807) is 56.6 Å². The molecule has 0 saturated carbocycles. The van der Waals surface area contributed by atoms with E-state index in [4.69, 9.17) is 9.47 Å². The van der Waals surface area contributed by atoms with Gasteiger partial charge >= 0.3 is 0 Å². The summed E-state index contributed by atoms with van der Waals surface area (Å²) in [5, 5.41) is 31.4. The maximum Gasteiger partial charge on any atom is 0.269 e. The second-order valence-electron chi connectivity index (χ2n) is 15.1. The highest BCUT2D eigenvalue weighted by atomic mass is 16.5. The first-order valence-corrected chi connectivity index (χ1v) is 19.8. The van der Waals surface area contributed by atoms with E-state index in [0.29, 0.717) is 64.2 Å². The lowest BCUT2D eigenvalue weighted by atomic mass is 9.82. The van der Waals surface area contributed by atoms with Gasteiger partial charge in [-0.25, -0.2) is 0 Å². The third-order valence-corrected chi connectivity index (χ3v) is 11.4. The molecule has 0 spiro atoms. The molecule has 4 heterocycles. The Morgan fingerprint density at radius 1 is 0.767 bits per heavy atom. The van der Waals surface area contributed by atoms with Crippen LogP contribution in [0.5, 0.6) is 11.5 Å². The van der Waals surface area contributed by atoms with E-state index in [1.165, 1.54) is 0 Å². The molecule has 3 aliphatic heterocycles. The summed E-state index contributed by atoms with van der Waals surface area (Å²) in [5.41, 5.74) is 3.69. The summed E-state index contributed by atoms with van der Waals surface area (Å²) < 4.78 is 13.0. The standard InChI is InChI=1S/C47H42N6O7/c1-31(11-9-10-24-50-27-38(48-49-50)36(28-54)33-12-3-2-4-13-33)47(58)37-25-35(53-41-15-6-8-17-43(41)60-30-45(53)56)22-23-39(37)51(46(47)57)26-32-18-20-34(21-19-32)52-40-14-5-7-16-42(40)59-29-44(52)55/h2-9,11-23,25,27,31,36,54,58H,10,24,26,28-30H2,1H3/b11-9+/t31-,36?,47+/m1/s1. The van der Waals surface area contributed by atoms with E-state index in [2.05, 4.69) is 10.3 Å². The number of para-hydroxylation sites is 4. The fourth-order valence-corrected chi connectivity index (χ4v) is 8.22. The van der Waals surface area contributed by atoms with Crippen LogP contribution in [-0.2, 0) is 33.1 Å². The quantitative estimate of drug-likeness (QED) is 0.132. The third-order valence-electron chi connectivity index (χ3n) is 11.4. The highest BCUT2D eigenvalue weighted by molar-refractivity contribution is 6.09. The molecule has 0 radical (unpaired) electrons. The van der Waals surface area contributed by atoms with Gasteiger partial charge in [-0.3, -0.25) is 28.9 Å². The third kappa shape index (κ3) is 6.87. The van der Waals surface area contributed by atoms with Crippen LogP contribution in [0.4, 0.5) is 28.4 Å². The number of nitrogens with zero attached hydrogens (tertiary/aromatic N) is 6. The normalized spacial score (nSPS) is 18.2. The van der Waals surface area contributed by atoms with E-state index in [-0.39, 0.29) is 44.1 Å². The predicted octanol–water partition coefficient (Wildman–Crippen LogP) is 6.53. The van der Waals surface area contributed by atoms with Crippen molar-refractivity contribution in [3.05, 3.63) is 162 Å². The number of aryl methyl sites for hydroxylation is 1. The first-order valence-electron chi connectivity index (χ1n) is 19.8. The number of amides is 3. The van der Waals surface area contributed by atoms with Crippen molar-refractivity contribution in [2.24, 2.45) is 5.92 Å². The summed E-state index contributed by atoms with van der Waals surface area (Å²) in [6, 6.07) is 37.0. The zero-order valence-electron chi connectivity index (χ0n) is 32.8. The number of hydrogen-bond acceptors (Lipinski definition) is 9. The maximum absolute atomic E-state index is 14.7. The van der Waals surface area contributed by atoms with Crippen molar-refractivity contribution in [2.45, 2.75) is 38.0 Å². The lowest BCUT2D eigenvalue weighted by molar-refractivity contribution is -0.139. The number of anilines is 5. The first kappa shape index (κ1) is 38.4. The van der Waals surface area contributed by atoms with Crippen LogP contribution in [0.25, 0.3) is 0 Å². The highest BCUT2D eigenvalue weighted by Crippen LogP contribution is 2.49. The molecule has 2 N–H and O–H groups in total. The Hall–Kier alpha value is -7.09. The molecule has 1 unspecified atom stereocenters. The molecule has 0 aliphatic carbocycles. The van der Waals surface area contributed by atoms with Crippen molar-refractivity contribution < 1.29 is 34.1 Å².